The Hall–Kier alpha value is -3.78. The molecule has 1 saturated heterocycles. The van der Waals surface area contributed by atoms with Crippen LogP contribution in [0.1, 0.15) is 55.5 Å². The molecule has 3 N–H and O–H groups in total. The lowest BCUT2D eigenvalue weighted by Crippen LogP contribution is -2.38. The van der Waals surface area contributed by atoms with Crippen molar-refractivity contribution in [3.05, 3.63) is 87.5 Å². The smallest absolute Gasteiger partial charge is 0.267 e. The molecule has 7 nitrogen and oxygen atoms in total. The predicted octanol–water partition coefficient (Wildman–Crippen LogP) is 4.72. The van der Waals surface area contributed by atoms with Gasteiger partial charge in [0.15, 0.2) is 0 Å². The van der Waals surface area contributed by atoms with Crippen molar-refractivity contribution in [3.8, 4) is 0 Å². The number of rotatable bonds is 6. The van der Waals surface area contributed by atoms with Gasteiger partial charge in [0.05, 0.1) is 11.7 Å². The van der Waals surface area contributed by atoms with Crippen molar-refractivity contribution >= 4 is 40.6 Å². The Bertz CT molecular complexity index is 1240. The van der Waals surface area contributed by atoms with Crippen molar-refractivity contribution in [2.75, 3.05) is 25.5 Å². The number of nitrogens with zero attached hydrogens (tertiary/aromatic N) is 3. The monoisotopic (exact) mass is 487 g/mol. The number of carbonyl (C=O) groups excluding carboxylic acids is 2. The van der Waals surface area contributed by atoms with Gasteiger partial charge in [0.1, 0.15) is 4.88 Å². The quantitative estimate of drug-likeness (QED) is 0.491. The number of likely N-dealkylation sites (tertiary alicyclic amines) is 1. The third-order valence-electron chi connectivity index (χ3n) is 6.33. The molecular weight excluding hydrogens is 458 g/mol. The first kappa shape index (κ1) is 24.3. The van der Waals surface area contributed by atoms with Gasteiger partial charge in [0.2, 0.25) is 0 Å². The molecule has 2 heterocycles. The maximum Gasteiger partial charge on any atom is 0.267 e. The Morgan fingerprint density at radius 3 is 2.49 bits per heavy atom. The van der Waals surface area contributed by atoms with E-state index in [4.69, 9.17) is 5.73 Å². The summed E-state index contributed by atoms with van der Waals surface area (Å²) in [6, 6.07) is 13.9. The fourth-order valence-corrected chi connectivity index (χ4v) is 4.82. The number of aryl methyl sites for hydroxylation is 1. The normalized spacial score (nSPS) is 14.9. The third kappa shape index (κ3) is 5.66. The van der Waals surface area contributed by atoms with Crippen LogP contribution in [-0.4, -0.2) is 48.1 Å². The van der Waals surface area contributed by atoms with Gasteiger partial charge in [0.25, 0.3) is 11.8 Å². The second kappa shape index (κ2) is 11.1. The molecule has 0 atom stereocenters. The number of amides is 2. The van der Waals surface area contributed by atoms with Crippen LogP contribution < -0.4 is 11.1 Å². The zero-order valence-electron chi connectivity index (χ0n) is 19.9. The van der Waals surface area contributed by atoms with Gasteiger partial charge >= 0.3 is 0 Å². The first-order valence-electron chi connectivity index (χ1n) is 11.5. The number of nitrogens with one attached hydrogen (secondary N) is 1. The van der Waals surface area contributed by atoms with E-state index in [-0.39, 0.29) is 11.8 Å². The number of carbonyl (C=O) groups is 2. The second-order valence-electron chi connectivity index (χ2n) is 8.55. The number of allylic oxidation sites excluding steroid dienone is 1. The molecule has 0 spiro atoms. The molecule has 1 aromatic heterocycles. The van der Waals surface area contributed by atoms with Gasteiger partial charge in [-0.2, -0.15) is 0 Å². The van der Waals surface area contributed by atoms with Crippen LogP contribution in [0.5, 0.6) is 0 Å². The van der Waals surface area contributed by atoms with E-state index in [1.165, 1.54) is 23.1 Å². The molecule has 0 saturated carbocycles. The van der Waals surface area contributed by atoms with Gasteiger partial charge in [-0.05, 0) is 54.5 Å². The first-order chi connectivity index (χ1) is 17.0. The number of anilines is 1. The molecule has 0 radical (unpaired) electrons. The average Bonchev–Trinajstić information content (AvgIpc) is 3.44. The highest BCUT2D eigenvalue weighted by Crippen LogP contribution is 2.30. The van der Waals surface area contributed by atoms with Crippen LogP contribution in [0.15, 0.2) is 65.4 Å². The van der Waals surface area contributed by atoms with E-state index in [1.54, 1.807) is 31.0 Å². The predicted molar refractivity (Wildman–Crippen MR) is 142 cm³/mol. The minimum Gasteiger partial charge on any atom is -0.404 e. The van der Waals surface area contributed by atoms with Crippen LogP contribution in [0.4, 0.5) is 5.69 Å². The fourth-order valence-electron chi connectivity index (χ4n) is 4.30. The van der Waals surface area contributed by atoms with Crippen molar-refractivity contribution in [1.29, 1.82) is 0 Å². The molecule has 4 rings (SSSR count). The highest BCUT2D eigenvalue weighted by Gasteiger charge is 2.25. The van der Waals surface area contributed by atoms with Crippen LogP contribution in [0.25, 0.3) is 5.57 Å². The van der Waals surface area contributed by atoms with Crippen LogP contribution in [-0.2, 0) is 0 Å². The van der Waals surface area contributed by atoms with Gasteiger partial charge in [-0.15, -0.1) is 11.3 Å². The summed E-state index contributed by atoms with van der Waals surface area (Å²) in [4.78, 5) is 36.1. The zero-order chi connectivity index (χ0) is 24.8. The van der Waals surface area contributed by atoms with E-state index in [0.717, 1.165) is 29.5 Å². The minimum atomic E-state index is -0.219. The third-order valence-corrected chi connectivity index (χ3v) is 7.11. The van der Waals surface area contributed by atoms with E-state index in [2.05, 4.69) is 39.6 Å². The lowest BCUT2D eigenvalue weighted by Gasteiger charge is -2.32. The summed E-state index contributed by atoms with van der Waals surface area (Å²) < 4.78 is 0. The lowest BCUT2D eigenvalue weighted by atomic mass is 9.88. The molecule has 0 unspecified atom stereocenters. The Balaban J connectivity index is 1.39. The number of nitrogens with two attached hydrogens (primary N) is 1. The molecule has 0 bridgehead atoms. The number of aromatic nitrogens is 1. The minimum absolute atomic E-state index is 0.0105. The van der Waals surface area contributed by atoms with E-state index in [0.29, 0.717) is 35.1 Å². The van der Waals surface area contributed by atoms with Crippen LogP contribution >= 0.6 is 11.3 Å². The average molecular weight is 488 g/mol. The molecule has 180 valence electrons. The summed E-state index contributed by atoms with van der Waals surface area (Å²) in [5.74, 6) is 0.178. The zero-order valence-corrected chi connectivity index (χ0v) is 20.7. The molecule has 1 aliphatic heterocycles. The Kier molecular flexibility index (Phi) is 7.72. The fraction of sp³-hybridized carbons (Fsp3) is 0.259. The summed E-state index contributed by atoms with van der Waals surface area (Å²) in [5.41, 5.74) is 12.7. The van der Waals surface area contributed by atoms with Gasteiger partial charge in [0, 0.05) is 49.4 Å². The summed E-state index contributed by atoms with van der Waals surface area (Å²) in [7, 11) is 1.73. The van der Waals surface area contributed by atoms with Gasteiger partial charge in [-0.25, -0.2) is 0 Å². The van der Waals surface area contributed by atoms with Crippen molar-refractivity contribution in [3.63, 3.8) is 0 Å². The van der Waals surface area contributed by atoms with Crippen LogP contribution in [0, 0.1) is 6.92 Å². The Labute approximate surface area is 209 Å². The molecule has 8 heteroatoms. The number of benzene rings is 2. The SMILES string of the molecule is CN=CC(=CN)c1ccc(C2CCN(C(=O)c3ccc(C)c(NC(=O)c4cncs4)c3)CC2)cc1. The number of hydrogen-bond donors (Lipinski definition) is 2. The van der Waals surface area contributed by atoms with Gasteiger partial charge in [-0.1, -0.05) is 30.3 Å². The van der Waals surface area contributed by atoms with Crippen LogP contribution in [0.2, 0.25) is 0 Å². The summed E-state index contributed by atoms with van der Waals surface area (Å²) in [6.07, 6.45) is 6.66. The molecule has 0 aliphatic carbocycles. The van der Waals surface area contributed by atoms with Gasteiger partial charge in [-0.3, -0.25) is 19.6 Å². The molecule has 1 aliphatic rings. The molecule has 1 fully saturated rings. The standard InChI is InChI=1S/C27H29N5O2S/c1-18-3-4-22(13-24(18)31-26(33)25-16-30-17-35-25)27(34)32-11-9-21(10-12-32)19-5-7-20(8-6-19)23(14-28)15-29-2/h3-8,13-17,21H,9-12,28H2,1-2H3,(H,31,33). The van der Waals surface area contributed by atoms with Crippen molar-refractivity contribution in [1.82, 2.24) is 9.88 Å². The van der Waals surface area contributed by atoms with Crippen molar-refractivity contribution in [2.24, 2.45) is 10.7 Å². The summed E-state index contributed by atoms with van der Waals surface area (Å²) >= 11 is 1.28. The summed E-state index contributed by atoms with van der Waals surface area (Å²) in [6.45, 7) is 3.30. The lowest BCUT2D eigenvalue weighted by molar-refractivity contribution is 0.0712. The molecule has 35 heavy (non-hydrogen) atoms. The highest BCUT2D eigenvalue weighted by molar-refractivity contribution is 7.11. The van der Waals surface area contributed by atoms with Crippen molar-refractivity contribution < 1.29 is 9.59 Å². The van der Waals surface area contributed by atoms with Gasteiger partial charge < -0.3 is 16.0 Å². The molecule has 3 aromatic rings. The molecule has 2 aromatic carbocycles. The maximum absolute atomic E-state index is 13.2. The van der Waals surface area contributed by atoms with Crippen molar-refractivity contribution in [2.45, 2.75) is 25.7 Å². The van der Waals surface area contributed by atoms with E-state index in [1.807, 2.05) is 24.0 Å². The topological polar surface area (TPSA) is 101 Å². The largest absolute Gasteiger partial charge is 0.404 e. The summed E-state index contributed by atoms with van der Waals surface area (Å²) in [5, 5.41) is 2.90. The Morgan fingerprint density at radius 2 is 1.86 bits per heavy atom. The highest BCUT2D eigenvalue weighted by atomic mass is 32.1. The maximum atomic E-state index is 13.2. The van der Waals surface area contributed by atoms with Crippen LogP contribution in [0.3, 0.4) is 0 Å². The van der Waals surface area contributed by atoms with E-state index in [9.17, 15) is 9.59 Å². The molecular formula is C27H29N5O2S. The molecule has 2 amide bonds. The van der Waals surface area contributed by atoms with E-state index >= 15 is 0 Å². The number of piperidine rings is 1. The number of aliphatic imine (C=N–C) groups is 1. The first-order valence-corrected chi connectivity index (χ1v) is 12.4. The number of hydrogen-bond acceptors (Lipinski definition) is 6. The Morgan fingerprint density at radius 1 is 1.14 bits per heavy atom. The van der Waals surface area contributed by atoms with E-state index < -0.39 is 0 Å². The number of thiazole rings is 1. The second-order valence-corrected chi connectivity index (χ2v) is 9.43.